The van der Waals surface area contributed by atoms with Crippen LogP contribution in [0.3, 0.4) is 0 Å². The smallest absolute Gasteiger partial charge is 0.407 e. The highest BCUT2D eigenvalue weighted by Gasteiger charge is 2.28. The number of anilines is 1. The summed E-state index contributed by atoms with van der Waals surface area (Å²) in [5.74, 6) is 0.0421. The Morgan fingerprint density at radius 1 is 1.19 bits per heavy atom. The lowest BCUT2D eigenvalue weighted by Crippen LogP contribution is -2.35. The molecule has 1 atom stereocenters. The Morgan fingerprint density at radius 3 is 2.81 bits per heavy atom. The van der Waals surface area contributed by atoms with Gasteiger partial charge >= 0.3 is 6.09 Å². The van der Waals surface area contributed by atoms with Gasteiger partial charge in [-0.3, -0.25) is 9.78 Å². The highest BCUT2D eigenvalue weighted by atomic mass is 16.4. The topological polar surface area (TPSA) is 147 Å². The molecule has 4 rings (SSSR count). The highest BCUT2D eigenvalue weighted by Crippen LogP contribution is 2.21. The zero-order valence-corrected chi connectivity index (χ0v) is 16.7. The quantitative estimate of drug-likeness (QED) is 0.548. The summed E-state index contributed by atoms with van der Waals surface area (Å²) in [6, 6.07) is 10.4. The number of nitrogens with two attached hydrogens (primary N) is 1. The van der Waals surface area contributed by atoms with E-state index in [2.05, 4.69) is 20.3 Å². The van der Waals surface area contributed by atoms with Crippen LogP contribution in [-0.2, 0) is 13.0 Å². The van der Waals surface area contributed by atoms with Gasteiger partial charge in [-0.25, -0.2) is 14.8 Å². The number of rotatable bonds is 6. The van der Waals surface area contributed by atoms with Crippen molar-refractivity contribution in [3.05, 3.63) is 59.7 Å². The van der Waals surface area contributed by atoms with Crippen LogP contribution >= 0.6 is 0 Å². The van der Waals surface area contributed by atoms with Crippen molar-refractivity contribution in [2.24, 2.45) is 0 Å². The van der Waals surface area contributed by atoms with Gasteiger partial charge in [0.25, 0.3) is 5.91 Å². The van der Waals surface area contributed by atoms with E-state index >= 15 is 0 Å². The molecule has 1 saturated heterocycles. The number of nitrogens with one attached hydrogen (secondary N) is 1. The Labute approximate surface area is 178 Å². The summed E-state index contributed by atoms with van der Waals surface area (Å²) in [6.45, 7) is 0.748. The SMILES string of the molecule is Nc1nc(C(=O)NCc2cccc(CC3CCCN3C(=O)O)n2)cc(-c2ccco2)n1. The first kappa shape index (κ1) is 20.3. The van der Waals surface area contributed by atoms with Crippen molar-refractivity contribution in [2.75, 3.05) is 12.3 Å². The van der Waals surface area contributed by atoms with Gasteiger partial charge in [-0.15, -0.1) is 0 Å². The van der Waals surface area contributed by atoms with Crippen molar-refractivity contribution in [3.8, 4) is 11.5 Å². The van der Waals surface area contributed by atoms with E-state index in [1.54, 1.807) is 18.2 Å². The van der Waals surface area contributed by atoms with Gasteiger partial charge in [-0.05, 0) is 43.2 Å². The molecule has 4 N–H and O–H groups in total. The second kappa shape index (κ2) is 8.82. The summed E-state index contributed by atoms with van der Waals surface area (Å²) in [7, 11) is 0. The molecular formula is C21H22N6O4. The monoisotopic (exact) mass is 422 g/mol. The van der Waals surface area contributed by atoms with E-state index in [9.17, 15) is 14.7 Å². The number of nitrogen functional groups attached to an aromatic ring is 1. The molecule has 0 spiro atoms. The van der Waals surface area contributed by atoms with Crippen LogP contribution in [0.25, 0.3) is 11.5 Å². The van der Waals surface area contributed by atoms with E-state index in [-0.39, 0.29) is 24.2 Å². The summed E-state index contributed by atoms with van der Waals surface area (Å²) < 4.78 is 5.30. The van der Waals surface area contributed by atoms with Gasteiger partial charge < -0.3 is 25.5 Å². The van der Waals surface area contributed by atoms with Crippen LogP contribution in [0.1, 0.15) is 34.7 Å². The Hall–Kier alpha value is -3.95. The second-order valence-corrected chi connectivity index (χ2v) is 7.25. The van der Waals surface area contributed by atoms with E-state index < -0.39 is 12.0 Å². The van der Waals surface area contributed by atoms with Crippen molar-refractivity contribution >= 4 is 17.9 Å². The Morgan fingerprint density at radius 2 is 2.03 bits per heavy atom. The fourth-order valence-corrected chi connectivity index (χ4v) is 3.68. The maximum absolute atomic E-state index is 12.6. The zero-order chi connectivity index (χ0) is 21.8. The normalized spacial score (nSPS) is 15.7. The summed E-state index contributed by atoms with van der Waals surface area (Å²) in [5.41, 5.74) is 7.73. The second-order valence-electron chi connectivity index (χ2n) is 7.25. The fraction of sp³-hybridized carbons (Fsp3) is 0.286. The van der Waals surface area contributed by atoms with Crippen molar-refractivity contribution in [2.45, 2.75) is 31.8 Å². The molecule has 1 aliphatic heterocycles. The lowest BCUT2D eigenvalue weighted by molar-refractivity contribution is 0.0945. The summed E-state index contributed by atoms with van der Waals surface area (Å²) in [6.07, 6.45) is 2.83. The first-order valence-corrected chi connectivity index (χ1v) is 9.90. The minimum Gasteiger partial charge on any atom is -0.465 e. The van der Waals surface area contributed by atoms with Crippen LogP contribution < -0.4 is 11.1 Å². The van der Waals surface area contributed by atoms with E-state index in [0.717, 1.165) is 18.5 Å². The summed E-state index contributed by atoms with van der Waals surface area (Å²) in [5, 5.41) is 12.1. The molecule has 160 valence electrons. The molecule has 1 fully saturated rings. The molecule has 0 aliphatic carbocycles. The van der Waals surface area contributed by atoms with Gasteiger partial charge in [0, 0.05) is 24.7 Å². The number of likely N-dealkylation sites (tertiary alicyclic amines) is 1. The molecule has 3 aromatic heterocycles. The van der Waals surface area contributed by atoms with Crippen LogP contribution in [0.15, 0.2) is 47.1 Å². The van der Waals surface area contributed by atoms with Crippen molar-refractivity contribution in [3.63, 3.8) is 0 Å². The first-order valence-electron chi connectivity index (χ1n) is 9.90. The highest BCUT2D eigenvalue weighted by molar-refractivity contribution is 5.93. The van der Waals surface area contributed by atoms with Gasteiger partial charge in [-0.1, -0.05) is 6.07 Å². The number of pyridine rings is 1. The van der Waals surface area contributed by atoms with Crippen molar-refractivity contribution < 1.29 is 19.1 Å². The zero-order valence-electron chi connectivity index (χ0n) is 16.7. The molecule has 10 heteroatoms. The molecule has 0 radical (unpaired) electrons. The van der Waals surface area contributed by atoms with Gasteiger partial charge in [0.2, 0.25) is 5.95 Å². The fourth-order valence-electron chi connectivity index (χ4n) is 3.68. The van der Waals surface area contributed by atoms with Gasteiger partial charge in [0.1, 0.15) is 11.4 Å². The van der Waals surface area contributed by atoms with Crippen LogP contribution in [0, 0.1) is 0 Å². The van der Waals surface area contributed by atoms with Gasteiger partial charge in [-0.2, -0.15) is 0 Å². The third kappa shape index (κ3) is 4.80. The molecule has 31 heavy (non-hydrogen) atoms. The standard InChI is InChI=1S/C21H22N6O4/c22-20-25-16(18-7-3-9-31-18)11-17(26-20)19(28)23-12-14-5-1-4-13(24-14)10-15-6-2-8-27(15)21(29)30/h1,3-5,7,9,11,15H,2,6,8,10,12H2,(H,23,28)(H,29,30)(H2,22,25,26). The van der Waals surface area contributed by atoms with Gasteiger partial charge in [0.15, 0.2) is 5.76 Å². The Bertz CT molecular complexity index is 1090. The number of furan rings is 1. The number of carbonyl (C=O) groups is 2. The number of hydrogen-bond donors (Lipinski definition) is 3. The van der Waals surface area contributed by atoms with Gasteiger partial charge in [0.05, 0.1) is 18.5 Å². The number of amides is 2. The molecule has 0 aromatic carbocycles. The van der Waals surface area contributed by atoms with Crippen LogP contribution in [-0.4, -0.2) is 49.5 Å². The van der Waals surface area contributed by atoms with E-state index in [0.29, 0.717) is 30.1 Å². The molecule has 0 bridgehead atoms. The molecule has 10 nitrogen and oxygen atoms in total. The molecule has 0 saturated carbocycles. The average Bonchev–Trinajstić information content (AvgIpc) is 3.44. The maximum atomic E-state index is 12.6. The Balaban J connectivity index is 1.41. The first-order chi connectivity index (χ1) is 15.0. The average molecular weight is 422 g/mol. The molecule has 1 unspecified atom stereocenters. The lowest BCUT2D eigenvalue weighted by atomic mass is 10.1. The molecular weight excluding hydrogens is 400 g/mol. The largest absolute Gasteiger partial charge is 0.465 e. The van der Waals surface area contributed by atoms with Crippen LogP contribution in [0.5, 0.6) is 0 Å². The van der Waals surface area contributed by atoms with E-state index in [1.807, 2.05) is 12.1 Å². The third-order valence-corrected chi connectivity index (χ3v) is 5.11. The predicted molar refractivity (Wildman–Crippen MR) is 111 cm³/mol. The number of carboxylic acid groups (broad SMARTS) is 1. The number of hydrogen-bond acceptors (Lipinski definition) is 7. The van der Waals surface area contributed by atoms with E-state index in [4.69, 9.17) is 10.2 Å². The molecule has 2 amide bonds. The number of aromatic nitrogens is 3. The minimum atomic E-state index is -0.899. The lowest BCUT2D eigenvalue weighted by Gasteiger charge is -2.21. The van der Waals surface area contributed by atoms with Crippen molar-refractivity contribution in [1.29, 1.82) is 0 Å². The van der Waals surface area contributed by atoms with Crippen LogP contribution in [0.2, 0.25) is 0 Å². The summed E-state index contributed by atoms with van der Waals surface area (Å²) in [4.78, 5) is 38.0. The minimum absolute atomic E-state index is 0.0290. The molecule has 1 aliphatic rings. The summed E-state index contributed by atoms with van der Waals surface area (Å²) >= 11 is 0. The third-order valence-electron chi connectivity index (χ3n) is 5.11. The predicted octanol–water partition coefficient (Wildman–Crippen LogP) is 2.33. The molecule has 3 aromatic rings. The van der Waals surface area contributed by atoms with E-state index in [1.165, 1.54) is 17.2 Å². The molecule has 4 heterocycles. The number of nitrogens with zero attached hydrogens (tertiary/aromatic N) is 4. The van der Waals surface area contributed by atoms with Crippen LogP contribution in [0.4, 0.5) is 10.7 Å². The van der Waals surface area contributed by atoms with Crippen molar-refractivity contribution in [1.82, 2.24) is 25.2 Å². The number of carbonyl (C=O) groups excluding carboxylic acids is 1. The Kier molecular flexibility index (Phi) is 5.78. The maximum Gasteiger partial charge on any atom is 0.407 e.